The van der Waals surface area contributed by atoms with Crippen molar-refractivity contribution in [3.05, 3.63) is 100 Å². The number of amides is 1. The van der Waals surface area contributed by atoms with Crippen LogP contribution >= 0.6 is 11.6 Å². The number of methoxy groups -OCH3 is 1. The largest absolute Gasteiger partial charge is 0.497 e. The van der Waals surface area contributed by atoms with E-state index in [1.54, 1.807) is 18.1 Å². The number of hydrogen-bond acceptors (Lipinski definition) is 5. The highest BCUT2D eigenvalue weighted by Gasteiger charge is 2.27. The summed E-state index contributed by atoms with van der Waals surface area (Å²) in [5, 5.41) is 0.580. The number of rotatable bonds is 5. The van der Waals surface area contributed by atoms with Crippen molar-refractivity contribution in [1.82, 2.24) is 4.98 Å². The van der Waals surface area contributed by atoms with Gasteiger partial charge in [0.1, 0.15) is 23.7 Å². The Labute approximate surface area is 202 Å². The molecule has 7 heteroatoms. The van der Waals surface area contributed by atoms with E-state index in [1.807, 2.05) is 73.7 Å². The smallest absolute Gasteiger partial charge is 0.249 e. The first-order valence-corrected chi connectivity index (χ1v) is 11.2. The van der Waals surface area contributed by atoms with Crippen molar-refractivity contribution in [2.24, 2.45) is 4.99 Å². The summed E-state index contributed by atoms with van der Waals surface area (Å²) in [6.45, 7) is 2.14. The van der Waals surface area contributed by atoms with Crippen molar-refractivity contribution in [2.45, 2.75) is 13.5 Å². The summed E-state index contributed by atoms with van der Waals surface area (Å²) in [4.78, 5) is 24.3. The van der Waals surface area contributed by atoms with Gasteiger partial charge in [0.25, 0.3) is 0 Å². The van der Waals surface area contributed by atoms with Crippen molar-refractivity contribution in [2.75, 3.05) is 18.6 Å². The predicted molar refractivity (Wildman–Crippen MR) is 133 cm³/mol. The molecule has 1 amide bonds. The second-order valence-electron chi connectivity index (χ2n) is 7.92. The van der Waals surface area contributed by atoms with Gasteiger partial charge in [-0.1, -0.05) is 41.9 Å². The molecule has 1 aromatic heterocycles. The van der Waals surface area contributed by atoms with Gasteiger partial charge in [0.05, 0.1) is 25.1 Å². The molecule has 0 saturated carbocycles. The maximum atomic E-state index is 13.2. The quantitative estimate of drug-likeness (QED) is 0.374. The van der Waals surface area contributed by atoms with E-state index in [1.165, 1.54) is 0 Å². The average Bonchev–Trinajstić information content (AvgIpc) is 3.17. The van der Waals surface area contributed by atoms with Gasteiger partial charge in [0, 0.05) is 21.7 Å². The second-order valence-corrected chi connectivity index (χ2v) is 8.36. The molecule has 0 aliphatic carbocycles. The lowest BCUT2D eigenvalue weighted by Crippen LogP contribution is -2.32. The minimum Gasteiger partial charge on any atom is -0.497 e. The number of ether oxygens (including phenoxy) is 1. The minimum absolute atomic E-state index is 0.0266. The maximum absolute atomic E-state index is 13.2. The Morgan fingerprint density at radius 1 is 1.03 bits per heavy atom. The van der Waals surface area contributed by atoms with Crippen LogP contribution in [0.3, 0.4) is 0 Å². The molecule has 1 aliphatic rings. The van der Waals surface area contributed by atoms with Crippen LogP contribution in [0, 0.1) is 6.92 Å². The number of carbonyl (C=O) groups excluding carboxylic acids is 1. The summed E-state index contributed by atoms with van der Waals surface area (Å²) in [6, 6.07) is 22.8. The third-order valence-corrected chi connectivity index (χ3v) is 6.00. The van der Waals surface area contributed by atoms with E-state index in [-0.39, 0.29) is 19.0 Å². The number of anilines is 1. The van der Waals surface area contributed by atoms with Crippen LogP contribution in [0.5, 0.6) is 5.75 Å². The van der Waals surface area contributed by atoms with Crippen LogP contribution in [0.2, 0.25) is 5.02 Å². The molecule has 0 fully saturated rings. The first-order valence-electron chi connectivity index (χ1n) is 10.8. The molecule has 0 saturated heterocycles. The van der Waals surface area contributed by atoms with E-state index >= 15 is 0 Å². The van der Waals surface area contributed by atoms with Crippen LogP contribution in [0.25, 0.3) is 11.5 Å². The second kappa shape index (κ2) is 9.15. The van der Waals surface area contributed by atoms with Gasteiger partial charge < -0.3 is 14.1 Å². The highest BCUT2D eigenvalue weighted by Crippen LogP contribution is 2.32. The molecule has 3 aromatic carbocycles. The Hall–Kier alpha value is -3.90. The molecule has 0 N–H and O–H groups in total. The molecule has 0 atom stereocenters. The first kappa shape index (κ1) is 21.9. The monoisotopic (exact) mass is 471 g/mol. The van der Waals surface area contributed by atoms with E-state index < -0.39 is 0 Å². The zero-order chi connectivity index (χ0) is 23.7. The van der Waals surface area contributed by atoms with Crippen LogP contribution in [0.4, 0.5) is 5.69 Å². The van der Waals surface area contributed by atoms with Crippen molar-refractivity contribution in [3.8, 4) is 17.2 Å². The number of fused-ring (bicyclic) bond motifs is 1. The summed E-state index contributed by atoms with van der Waals surface area (Å²) < 4.78 is 11.2. The number of benzene rings is 3. The summed E-state index contributed by atoms with van der Waals surface area (Å²) in [7, 11) is 1.62. The molecule has 4 aromatic rings. The van der Waals surface area contributed by atoms with Gasteiger partial charge in [-0.2, -0.15) is 0 Å². The number of carbonyl (C=O) groups is 1. The van der Waals surface area contributed by atoms with E-state index in [9.17, 15) is 4.79 Å². The molecule has 170 valence electrons. The van der Waals surface area contributed by atoms with Gasteiger partial charge in [0.2, 0.25) is 11.8 Å². The summed E-state index contributed by atoms with van der Waals surface area (Å²) in [5.41, 5.74) is 4.73. The Morgan fingerprint density at radius 3 is 2.53 bits per heavy atom. The minimum atomic E-state index is -0.122. The zero-order valence-corrected chi connectivity index (χ0v) is 19.5. The predicted octanol–water partition coefficient (Wildman–Crippen LogP) is 5.70. The lowest BCUT2D eigenvalue weighted by Gasteiger charge is -2.22. The fourth-order valence-corrected chi connectivity index (χ4v) is 4.15. The van der Waals surface area contributed by atoms with Crippen molar-refractivity contribution >= 4 is 28.9 Å². The number of aryl methyl sites for hydroxylation is 1. The lowest BCUT2D eigenvalue weighted by molar-refractivity contribution is -0.117. The van der Waals surface area contributed by atoms with E-state index in [0.717, 1.165) is 33.8 Å². The Balaban J connectivity index is 1.52. The fraction of sp³-hybridized carbons (Fsp3) is 0.148. The summed E-state index contributed by atoms with van der Waals surface area (Å²) in [5.74, 6) is 1.78. The SMILES string of the molecule is COc1ccc(-c2nc(CN3C(=O)CN=C(c4ccccc4)c4cc(Cl)ccc43)c(C)o2)cc1. The van der Waals surface area contributed by atoms with Crippen LogP contribution in [-0.2, 0) is 11.3 Å². The average molecular weight is 472 g/mol. The number of oxazole rings is 1. The highest BCUT2D eigenvalue weighted by molar-refractivity contribution is 6.32. The molecule has 6 nitrogen and oxygen atoms in total. The third kappa shape index (κ3) is 4.20. The van der Waals surface area contributed by atoms with E-state index in [4.69, 9.17) is 25.7 Å². The first-order chi connectivity index (χ1) is 16.5. The summed E-state index contributed by atoms with van der Waals surface area (Å²) in [6.07, 6.45) is 0. The van der Waals surface area contributed by atoms with Gasteiger partial charge in [-0.15, -0.1) is 0 Å². The van der Waals surface area contributed by atoms with Crippen LogP contribution in [0.15, 0.2) is 82.2 Å². The molecule has 0 radical (unpaired) electrons. The molecule has 5 rings (SSSR count). The molecule has 0 spiro atoms. The zero-order valence-electron chi connectivity index (χ0n) is 18.8. The van der Waals surface area contributed by atoms with Gasteiger partial charge in [-0.25, -0.2) is 4.98 Å². The molecule has 0 bridgehead atoms. The van der Waals surface area contributed by atoms with Crippen LogP contribution in [-0.4, -0.2) is 30.3 Å². The van der Waals surface area contributed by atoms with Crippen molar-refractivity contribution < 1.29 is 13.9 Å². The topological polar surface area (TPSA) is 67.9 Å². The summed E-state index contributed by atoms with van der Waals surface area (Å²) >= 11 is 6.35. The molecule has 1 aliphatic heterocycles. The molecule has 0 unspecified atom stereocenters. The van der Waals surface area contributed by atoms with E-state index in [2.05, 4.69) is 4.99 Å². The van der Waals surface area contributed by atoms with Gasteiger partial charge in [-0.05, 0) is 49.4 Å². The fourth-order valence-electron chi connectivity index (χ4n) is 3.98. The molecular weight excluding hydrogens is 450 g/mol. The highest BCUT2D eigenvalue weighted by atomic mass is 35.5. The Morgan fingerprint density at radius 2 is 1.79 bits per heavy atom. The van der Waals surface area contributed by atoms with Crippen molar-refractivity contribution in [1.29, 1.82) is 0 Å². The number of halogens is 1. The maximum Gasteiger partial charge on any atom is 0.249 e. The third-order valence-electron chi connectivity index (χ3n) is 5.76. The van der Waals surface area contributed by atoms with Gasteiger partial charge in [-0.3, -0.25) is 9.79 Å². The number of benzodiazepines with no additional fused rings is 1. The Bertz CT molecular complexity index is 1380. The molecular formula is C27H22ClN3O3. The van der Waals surface area contributed by atoms with Crippen LogP contribution < -0.4 is 9.64 Å². The molecule has 2 heterocycles. The Kier molecular flexibility index (Phi) is 5.90. The van der Waals surface area contributed by atoms with E-state index in [0.29, 0.717) is 22.4 Å². The van der Waals surface area contributed by atoms with Gasteiger partial charge in [0.15, 0.2) is 0 Å². The number of aromatic nitrogens is 1. The molecule has 34 heavy (non-hydrogen) atoms. The standard InChI is InChI=1S/C27H22ClN3O3/c1-17-23(30-27(34-17)19-8-11-21(33-2)12-9-19)16-31-24-13-10-20(28)14-22(24)26(29-15-25(31)32)18-6-4-3-5-7-18/h3-14H,15-16H2,1-2H3. The normalized spacial score (nSPS) is 13.3. The number of hydrogen-bond donors (Lipinski definition) is 0. The van der Waals surface area contributed by atoms with Crippen molar-refractivity contribution in [3.63, 3.8) is 0 Å². The number of nitrogens with zero attached hydrogens (tertiary/aromatic N) is 3. The van der Waals surface area contributed by atoms with Crippen LogP contribution in [0.1, 0.15) is 22.6 Å². The lowest BCUT2D eigenvalue weighted by atomic mass is 10.00. The number of aliphatic imine (C=N–C) groups is 1. The van der Waals surface area contributed by atoms with Gasteiger partial charge >= 0.3 is 0 Å².